The number of hydrogen-bond acceptors (Lipinski definition) is 16. The fraction of sp³-hybridized carbons (Fsp3) is 0.500. The van der Waals surface area contributed by atoms with E-state index in [1.165, 1.54) is 4.57 Å². The summed E-state index contributed by atoms with van der Waals surface area (Å²) in [6, 6.07) is 0. The van der Waals surface area contributed by atoms with E-state index in [2.05, 4.69) is 28.1 Å². The van der Waals surface area contributed by atoms with Crippen molar-refractivity contribution >= 4 is 52.1 Å². The number of aliphatic hydroxyl groups excluding tert-OH is 1. The van der Waals surface area contributed by atoms with Crippen LogP contribution >= 0.6 is 35.1 Å². The van der Waals surface area contributed by atoms with E-state index in [0.29, 0.717) is 0 Å². The Balaban J connectivity index is 1.68. The van der Waals surface area contributed by atoms with Gasteiger partial charge in [0, 0.05) is 6.42 Å². The first-order valence-corrected chi connectivity index (χ1v) is 12.6. The lowest BCUT2D eigenvalue weighted by Crippen LogP contribution is -2.27. The normalized spacial score (nSPS) is 26.1. The number of phosphoric ester groups is 1. The summed E-state index contributed by atoms with van der Waals surface area (Å²) in [7, 11) is -17.9. The number of imidazole rings is 1. The van der Waals surface area contributed by atoms with Crippen LogP contribution < -0.4 is 25.3 Å². The monoisotopic (exact) mass is 521 g/mol. The van der Waals surface area contributed by atoms with Crippen LogP contribution in [0.5, 0.6) is 0 Å². The minimum atomic E-state index is -6.11. The van der Waals surface area contributed by atoms with E-state index < -0.39 is 48.5 Å². The average molecular weight is 522 g/mol. The lowest BCUT2D eigenvalue weighted by molar-refractivity contribution is -0.339. The Labute approximate surface area is 177 Å². The maximum absolute atomic E-state index is 11.6. The zero-order valence-corrected chi connectivity index (χ0v) is 18.2. The number of rotatable bonds is 8. The van der Waals surface area contributed by atoms with Gasteiger partial charge < -0.3 is 44.2 Å². The van der Waals surface area contributed by atoms with Crippen molar-refractivity contribution in [3.63, 3.8) is 0 Å². The largest absolute Gasteiger partial charge is 0.790 e. The summed E-state index contributed by atoms with van der Waals surface area (Å²) in [5, 5.41) is 10.0. The smallest absolute Gasteiger partial charge is 0.278 e. The Morgan fingerprint density at radius 3 is 2.55 bits per heavy atom. The molecule has 1 saturated heterocycles. The second-order valence-electron chi connectivity index (χ2n) is 5.91. The highest BCUT2D eigenvalue weighted by Crippen LogP contribution is 2.60. The van der Waals surface area contributed by atoms with Gasteiger partial charge in [0.25, 0.3) is 15.6 Å². The molecule has 174 valence electrons. The van der Waals surface area contributed by atoms with Crippen molar-refractivity contribution in [2.75, 3.05) is 12.3 Å². The van der Waals surface area contributed by atoms with Crippen molar-refractivity contribution in [1.29, 1.82) is 0 Å². The third-order valence-corrected chi connectivity index (χ3v) is 7.68. The van der Waals surface area contributed by atoms with Crippen LogP contribution in [0.15, 0.2) is 6.33 Å². The number of nitrogens with zero attached hydrogens (tertiary/aromatic N) is 4. The summed E-state index contributed by atoms with van der Waals surface area (Å²) >= 11 is 6.06. The number of nitrogens with two attached hydrogens (primary N) is 1. The molecule has 1 aliphatic heterocycles. The van der Waals surface area contributed by atoms with Gasteiger partial charge >= 0.3 is 0 Å². The van der Waals surface area contributed by atoms with Crippen molar-refractivity contribution in [3.05, 3.63) is 11.6 Å². The van der Waals surface area contributed by atoms with Crippen LogP contribution in [-0.2, 0) is 31.6 Å². The molecule has 5 unspecified atom stereocenters. The van der Waals surface area contributed by atoms with Crippen molar-refractivity contribution in [2.45, 2.75) is 24.9 Å². The number of halogens is 1. The van der Waals surface area contributed by atoms with E-state index >= 15 is 0 Å². The number of fused-ring (bicyclic) bond motifs is 1. The molecule has 0 spiro atoms. The number of aliphatic hydroxyl groups is 1. The van der Waals surface area contributed by atoms with E-state index in [0.717, 1.165) is 6.33 Å². The van der Waals surface area contributed by atoms with E-state index in [1.54, 1.807) is 0 Å². The third-order valence-electron chi connectivity index (χ3n) is 3.75. The molecule has 0 aliphatic carbocycles. The van der Waals surface area contributed by atoms with Crippen molar-refractivity contribution in [1.82, 2.24) is 19.5 Å². The number of phosphoric acid groups is 3. The van der Waals surface area contributed by atoms with Gasteiger partial charge in [0.1, 0.15) is 18.7 Å². The maximum Gasteiger partial charge on any atom is 0.278 e. The number of nitrogen functional groups attached to an aromatic ring is 1. The van der Waals surface area contributed by atoms with Gasteiger partial charge in [-0.15, -0.1) is 0 Å². The summed E-state index contributed by atoms with van der Waals surface area (Å²) in [6.07, 6.45) is -2.65. The molecule has 1 aliphatic rings. The van der Waals surface area contributed by atoms with Crippen LogP contribution in [0.1, 0.15) is 12.6 Å². The molecule has 3 heterocycles. The Hall–Kier alpha value is -1.03. The van der Waals surface area contributed by atoms with E-state index in [9.17, 15) is 38.4 Å². The standard InChI is InChI=1S/C10H15ClN5O12P3/c11-10-15-7-8(12)13-3-14-9(7)16(10)6-1-4(17)5(26-6)2-25-30(21,22)28-31(23,24)27-29(18,19)20/h3-6,17H,1-2H2,(H,21,22)(H,23,24)(H2,12,13,14)(H2,18,19,20)/p-4. The summed E-state index contributed by atoms with van der Waals surface area (Å²) in [5.41, 5.74) is 6.01. The molecule has 5 atom stereocenters. The van der Waals surface area contributed by atoms with Crippen LogP contribution in [0.25, 0.3) is 11.2 Å². The van der Waals surface area contributed by atoms with Gasteiger partial charge in [-0.2, -0.15) is 0 Å². The Bertz CT molecular complexity index is 1120. The molecule has 31 heavy (non-hydrogen) atoms. The SMILES string of the molecule is Nc1ncnc2c1nc(Cl)n2C1CC(O)C(COP(=O)([O-])OP(=O)([O-])OP(=O)([O-])[O-])O1. The zero-order chi connectivity index (χ0) is 23.2. The molecule has 2 aromatic rings. The second-order valence-corrected chi connectivity index (χ2v) is 10.5. The molecule has 2 aromatic heterocycles. The molecule has 0 aromatic carbocycles. The predicted molar refractivity (Wildman–Crippen MR) is 90.2 cm³/mol. The molecule has 1 fully saturated rings. The van der Waals surface area contributed by atoms with E-state index in [1.807, 2.05) is 0 Å². The topological polar surface area (TPSA) is 270 Å². The van der Waals surface area contributed by atoms with Crippen LogP contribution in [0.4, 0.5) is 5.82 Å². The highest BCUT2D eigenvalue weighted by Gasteiger charge is 2.38. The number of anilines is 1. The predicted octanol–water partition coefficient (Wildman–Crippen LogP) is -2.47. The van der Waals surface area contributed by atoms with Gasteiger partial charge in [-0.1, -0.05) is 0 Å². The van der Waals surface area contributed by atoms with Crippen LogP contribution in [-0.4, -0.2) is 43.4 Å². The highest BCUT2D eigenvalue weighted by atomic mass is 35.5. The first kappa shape index (κ1) is 24.6. The first-order valence-electron chi connectivity index (χ1n) is 7.86. The lowest BCUT2D eigenvalue weighted by atomic mass is 10.2. The molecule has 0 bridgehead atoms. The number of aromatic nitrogens is 4. The molecule has 3 rings (SSSR count). The fourth-order valence-corrected chi connectivity index (χ4v) is 5.76. The van der Waals surface area contributed by atoms with Crippen LogP contribution in [0.3, 0.4) is 0 Å². The molecule has 17 nitrogen and oxygen atoms in total. The van der Waals surface area contributed by atoms with E-state index in [-0.39, 0.29) is 28.7 Å². The van der Waals surface area contributed by atoms with Crippen molar-refractivity contribution in [2.24, 2.45) is 0 Å². The van der Waals surface area contributed by atoms with Crippen molar-refractivity contribution < 1.29 is 56.3 Å². The van der Waals surface area contributed by atoms with Gasteiger partial charge in [-0.3, -0.25) is 18.0 Å². The van der Waals surface area contributed by atoms with E-state index in [4.69, 9.17) is 22.1 Å². The molecule has 0 saturated carbocycles. The van der Waals surface area contributed by atoms with Gasteiger partial charge in [0.15, 0.2) is 17.0 Å². The Morgan fingerprint density at radius 2 is 1.90 bits per heavy atom. The van der Waals surface area contributed by atoms with Crippen LogP contribution in [0, 0.1) is 0 Å². The zero-order valence-electron chi connectivity index (χ0n) is 14.7. The quantitative estimate of drug-likeness (QED) is 0.269. The third kappa shape index (κ3) is 6.06. The maximum atomic E-state index is 11.6. The molecule has 0 amide bonds. The summed E-state index contributed by atoms with van der Waals surface area (Å²) in [6.45, 7) is -0.952. The minimum absolute atomic E-state index is 0.0264. The van der Waals surface area contributed by atoms with Crippen LogP contribution in [0.2, 0.25) is 5.28 Å². The van der Waals surface area contributed by atoms with Gasteiger partial charge in [0.05, 0.1) is 20.5 Å². The Morgan fingerprint density at radius 1 is 1.23 bits per heavy atom. The minimum Gasteiger partial charge on any atom is -0.790 e. The summed E-state index contributed by atoms with van der Waals surface area (Å²) < 4.78 is 50.6. The second kappa shape index (κ2) is 8.72. The molecule has 3 N–H and O–H groups in total. The Kier molecular flexibility index (Phi) is 6.93. The average Bonchev–Trinajstić information content (AvgIpc) is 3.09. The molecule has 21 heteroatoms. The van der Waals surface area contributed by atoms with Crippen molar-refractivity contribution in [3.8, 4) is 0 Å². The fourth-order valence-electron chi connectivity index (χ4n) is 2.63. The summed E-state index contributed by atoms with van der Waals surface area (Å²) in [4.78, 5) is 55.1. The lowest BCUT2D eigenvalue weighted by Gasteiger charge is -2.37. The number of ether oxygens (including phenoxy) is 1. The summed E-state index contributed by atoms with van der Waals surface area (Å²) in [5.74, 6) is 0.0264. The van der Waals surface area contributed by atoms with Gasteiger partial charge in [0.2, 0.25) is 5.28 Å². The van der Waals surface area contributed by atoms with Gasteiger partial charge in [-0.05, 0) is 11.6 Å². The highest BCUT2D eigenvalue weighted by molar-refractivity contribution is 7.64. The first-order chi connectivity index (χ1) is 14.2. The van der Waals surface area contributed by atoms with Gasteiger partial charge in [-0.25, -0.2) is 19.3 Å². The molecular weight excluding hydrogens is 511 g/mol. The number of hydrogen-bond donors (Lipinski definition) is 2. The molecule has 0 radical (unpaired) electrons. The molecular formula is C10H11ClN5O12P3-4.